The molecule has 0 saturated heterocycles. The Morgan fingerprint density at radius 3 is 2.56 bits per heavy atom. The predicted octanol–water partition coefficient (Wildman–Crippen LogP) is 4.33. The molecule has 1 aromatic carbocycles. The number of rotatable bonds is 3. The zero-order valence-corrected chi connectivity index (χ0v) is 14.8. The van der Waals surface area contributed by atoms with Crippen LogP contribution in [0.4, 0.5) is 5.69 Å². The van der Waals surface area contributed by atoms with Crippen LogP contribution in [0.2, 0.25) is 5.15 Å². The van der Waals surface area contributed by atoms with E-state index < -0.39 is 0 Å². The quantitative estimate of drug-likeness (QED) is 0.706. The molecule has 2 heterocycles. The van der Waals surface area contributed by atoms with E-state index in [0.29, 0.717) is 33.7 Å². The molecule has 0 radical (unpaired) electrons. The molecule has 3 aromatic rings. The number of halogens is 1. The van der Waals surface area contributed by atoms with Crippen molar-refractivity contribution in [1.29, 1.82) is 0 Å². The molecular formula is C18H17ClN4O2. The minimum absolute atomic E-state index is 0.242. The Morgan fingerprint density at radius 2 is 1.92 bits per heavy atom. The van der Waals surface area contributed by atoms with Gasteiger partial charge >= 0.3 is 0 Å². The van der Waals surface area contributed by atoms with Crippen LogP contribution in [0.3, 0.4) is 0 Å². The van der Waals surface area contributed by atoms with Gasteiger partial charge in [0.2, 0.25) is 0 Å². The molecule has 0 aliphatic heterocycles. The Balaban J connectivity index is 1.91. The summed E-state index contributed by atoms with van der Waals surface area (Å²) in [5.41, 5.74) is 1.31. The largest absolute Gasteiger partial charge is 0.334 e. The number of pyridine rings is 1. The van der Waals surface area contributed by atoms with E-state index in [2.05, 4.69) is 20.4 Å². The van der Waals surface area contributed by atoms with Crippen LogP contribution in [-0.2, 0) is 5.41 Å². The van der Waals surface area contributed by atoms with Gasteiger partial charge < -0.3 is 9.84 Å². The van der Waals surface area contributed by atoms with E-state index in [4.69, 9.17) is 16.1 Å². The molecule has 7 heteroatoms. The van der Waals surface area contributed by atoms with Crippen molar-refractivity contribution in [2.45, 2.75) is 26.2 Å². The molecular weight excluding hydrogens is 340 g/mol. The first-order valence-corrected chi connectivity index (χ1v) is 8.09. The first-order chi connectivity index (χ1) is 11.8. The lowest BCUT2D eigenvalue weighted by molar-refractivity contribution is 0.102. The van der Waals surface area contributed by atoms with E-state index in [-0.39, 0.29) is 11.3 Å². The first-order valence-electron chi connectivity index (χ1n) is 7.71. The lowest BCUT2D eigenvalue weighted by atomic mass is 9.96. The second kappa shape index (κ2) is 6.64. The molecule has 0 saturated carbocycles. The fraction of sp³-hybridized carbons (Fsp3) is 0.222. The summed E-state index contributed by atoms with van der Waals surface area (Å²) in [6.07, 6.45) is 1.49. The minimum Gasteiger partial charge on any atom is -0.334 e. The second-order valence-electron chi connectivity index (χ2n) is 6.54. The normalized spacial score (nSPS) is 11.4. The third-order valence-electron chi connectivity index (χ3n) is 3.48. The number of hydrogen-bond acceptors (Lipinski definition) is 5. The summed E-state index contributed by atoms with van der Waals surface area (Å²) >= 11 is 5.76. The Morgan fingerprint density at radius 1 is 1.16 bits per heavy atom. The molecule has 0 aliphatic rings. The van der Waals surface area contributed by atoms with Crippen LogP contribution in [0.15, 0.2) is 47.1 Å². The average molecular weight is 357 g/mol. The van der Waals surface area contributed by atoms with Crippen LogP contribution in [0.5, 0.6) is 0 Å². The predicted molar refractivity (Wildman–Crippen MR) is 95.6 cm³/mol. The van der Waals surface area contributed by atoms with Gasteiger partial charge in [-0.3, -0.25) is 4.79 Å². The van der Waals surface area contributed by atoms with Crippen LogP contribution >= 0.6 is 11.6 Å². The number of hydrogen-bond donors (Lipinski definition) is 1. The number of nitrogens with one attached hydrogen (secondary N) is 1. The first kappa shape index (κ1) is 17.1. The van der Waals surface area contributed by atoms with Gasteiger partial charge in [-0.05, 0) is 24.3 Å². The molecule has 0 fully saturated rings. The number of amides is 1. The SMILES string of the molecule is CC(C)(C)c1noc(-c2ccccc2C(=O)Nc2ccc(Cl)nc2)n1. The standard InChI is InChI=1S/C18H17ClN4O2/c1-18(2,3)17-22-16(25-23-17)13-7-5-4-6-12(13)15(24)21-11-8-9-14(19)20-10-11/h4-10H,1-3H3,(H,21,24). The number of nitrogens with zero attached hydrogens (tertiary/aromatic N) is 3. The molecule has 0 unspecified atom stereocenters. The molecule has 3 rings (SSSR count). The summed E-state index contributed by atoms with van der Waals surface area (Å²) < 4.78 is 5.36. The molecule has 128 valence electrons. The lowest BCUT2D eigenvalue weighted by Gasteiger charge is -2.11. The van der Waals surface area contributed by atoms with Crippen LogP contribution in [0, 0.1) is 0 Å². The summed E-state index contributed by atoms with van der Waals surface area (Å²) in [6, 6.07) is 10.4. The zero-order valence-electron chi connectivity index (χ0n) is 14.1. The van der Waals surface area contributed by atoms with Gasteiger partial charge in [0.1, 0.15) is 5.15 Å². The monoisotopic (exact) mass is 356 g/mol. The number of aromatic nitrogens is 3. The number of anilines is 1. The molecule has 0 atom stereocenters. The third-order valence-corrected chi connectivity index (χ3v) is 3.71. The third kappa shape index (κ3) is 3.85. The van der Waals surface area contributed by atoms with E-state index in [1.165, 1.54) is 6.20 Å². The van der Waals surface area contributed by atoms with Crippen molar-refractivity contribution < 1.29 is 9.32 Å². The van der Waals surface area contributed by atoms with E-state index in [1.807, 2.05) is 26.8 Å². The highest BCUT2D eigenvalue weighted by atomic mass is 35.5. The van der Waals surface area contributed by atoms with E-state index in [0.717, 1.165) is 0 Å². The maximum absolute atomic E-state index is 12.6. The smallest absolute Gasteiger partial charge is 0.258 e. The van der Waals surface area contributed by atoms with E-state index in [9.17, 15) is 4.79 Å². The molecule has 0 bridgehead atoms. The van der Waals surface area contributed by atoms with Gasteiger partial charge in [0, 0.05) is 5.41 Å². The van der Waals surface area contributed by atoms with Gasteiger partial charge in [-0.15, -0.1) is 0 Å². The van der Waals surface area contributed by atoms with Crippen LogP contribution in [-0.4, -0.2) is 21.0 Å². The Hall–Kier alpha value is -2.73. The molecule has 0 spiro atoms. The highest BCUT2D eigenvalue weighted by Crippen LogP contribution is 2.26. The van der Waals surface area contributed by atoms with Gasteiger partial charge in [0.25, 0.3) is 11.8 Å². The summed E-state index contributed by atoms with van der Waals surface area (Å²) in [5, 5.41) is 7.16. The summed E-state index contributed by atoms with van der Waals surface area (Å²) in [4.78, 5) is 21.0. The molecule has 2 aromatic heterocycles. The zero-order chi connectivity index (χ0) is 18.0. The summed E-state index contributed by atoms with van der Waals surface area (Å²) in [7, 11) is 0. The van der Waals surface area contributed by atoms with Crippen molar-refractivity contribution >= 4 is 23.2 Å². The highest BCUT2D eigenvalue weighted by Gasteiger charge is 2.23. The molecule has 1 N–H and O–H groups in total. The Kier molecular flexibility index (Phi) is 4.55. The van der Waals surface area contributed by atoms with E-state index >= 15 is 0 Å². The number of carbonyl (C=O) groups is 1. The molecule has 25 heavy (non-hydrogen) atoms. The molecule has 6 nitrogen and oxygen atoms in total. The number of benzene rings is 1. The van der Waals surface area contributed by atoms with Crippen molar-refractivity contribution in [3.63, 3.8) is 0 Å². The summed E-state index contributed by atoms with van der Waals surface area (Å²) in [6.45, 7) is 5.98. The Labute approximate surface area is 150 Å². The maximum Gasteiger partial charge on any atom is 0.258 e. The fourth-order valence-electron chi connectivity index (χ4n) is 2.15. The van der Waals surface area contributed by atoms with Crippen molar-refractivity contribution in [1.82, 2.24) is 15.1 Å². The van der Waals surface area contributed by atoms with Crippen molar-refractivity contribution in [3.05, 3.63) is 59.1 Å². The second-order valence-corrected chi connectivity index (χ2v) is 6.93. The van der Waals surface area contributed by atoms with Crippen molar-refractivity contribution in [3.8, 4) is 11.5 Å². The number of carbonyl (C=O) groups excluding carboxylic acids is 1. The van der Waals surface area contributed by atoms with Gasteiger partial charge in [-0.25, -0.2) is 4.98 Å². The molecule has 1 amide bonds. The van der Waals surface area contributed by atoms with Gasteiger partial charge in [0.15, 0.2) is 5.82 Å². The highest BCUT2D eigenvalue weighted by molar-refractivity contribution is 6.29. The van der Waals surface area contributed by atoms with Gasteiger partial charge in [-0.2, -0.15) is 4.98 Å². The van der Waals surface area contributed by atoms with Gasteiger partial charge in [-0.1, -0.05) is 49.7 Å². The Bertz CT molecular complexity index is 898. The molecule has 0 aliphatic carbocycles. The van der Waals surface area contributed by atoms with Crippen LogP contribution in [0.1, 0.15) is 37.0 Å². The van der Waals surface area contributed by atoms with Crippen molar-refractivity contribution in [2.24, 2.45) is 0 Å². The van der Waals surface area contributed by atoms with E-state index in [1.54, 1.807) is 30.3 Å². The lowest BCUT2D eigenvalue weighted by Crippen LogP contribution is -2.14. The minimum atomic E-state index is -0.296. The average Bonchev–Trinajstić information content (AvgIpc) is 3.07. The fourth-order valence-corrected chi connectivity index (χ4v) is 2.27. The van der Waals surface area contributed by atoms with Crippen molar-refractivity contribution in [2.75, 3.05) is 5.32 Å². The van der Waals surface area contributed by atoms with Gasteiger partial charge in [0.05, 0.1) is 23.0 Å². The maximum atomic E-state index is 12.6. The van der Waals surface area contributed by atoms with Crippen LogP contribution < -0.4 is 5.32 Å². The van der Waals surface area contributed by atoms with Crippen LogP contribution in [0.25, 0.3) is 11.5 Å². The summed E-state index contributed by atoms with van der Waals surface area (Å²) in [5.74, 6) is 0.597. The topological polar surface area (TPSA) is 80.9 Å².